The van der Waals surface area contributed by atoms with E-state index in [0.29, 0.717) is 38.9 Å². The third-order valence-electron chi connectivity index (χ3n) is 5.03. The highest BCUT2D eigenvalue weighted by atomic mass is 32.2. The quantitative estimate of drug-likeness (QED) is 0.474. The van der Waals surface area contributed by atoms with Crippen LogP contribution in [0.4, 0.5) is 10.2 Å². The van der Waals surface area contributed by atoms with Crippen molar-refractivity contribution in [3.8, 4) is 0 Å². The Morgan fingerprint density at radius 3 is 2.97 bits per heavy atom. The molecule has 1 aromatic rings. The van der Waals surface area contributed by atoms with Crippen molar-refractivity contribution in [3.63, 3.8) is 0 Å². The van der Waals surface area contributed by atoms with Crippen molar-refractivity contribution in [1.29, 1.82) is 0 Å². The van der Waals surface area contributed by atoms with Crippen LogP contribution in [0.1, 0.15) is 18.4 Å². The Balaban J connectivity index is 1.39. The minimum absolute atomic E-state index is 0.391. The van der Waals surface area contributed by atoms with Crippen molar-refractivity contribution in [1.82, 2.24) is 20.0 Å². The van der Waals surface area contributed by atoms with Gasteiger partial charge >= 0.3 is 0 Å². The van der Waals surface area contributed by atoms with Crippen molar-refractivity contribution in [3.05, 3.63) is 47.7 Å². The molecule has 0 radical (unpaired) electrons. The minimum Gasteiger partial charge on any atom is -0.354 e. The topological polar surface area (TPSA) is 64.3 Å². The molecule has 1 unspecified atom stereocenters. The third-order valence-corrected chi connectivity index (χ3v) is 5.34. The van der Waals surface area contributed by atoms with Crippen LogP contribution in [0.5, 0.6) is 0 Å². The number of pyridine rings is 1. The Labute approximate surface area is 173 Å². The number of alkyl halides is 1. The van der Waals surface area contributed by atoms with E-state index in [1.54, 1.807) is 11.3 Å². The fourth-order valence-corrected chi connectivity index (χ4v) is 3.70. The fraction of sp³-hybridized carbons (Fsp3) is 0.421. The largest absolute Gasteiger partial charge is 0.354 e. The number of aromatic nitrogens is 1. The molecule has 10 heteroatoms. The zero-order valence-electron chi connectivity index (χ0n) is 16.4. The van der Waals surface area contributed by atoms with Gasteiger partial charge in [-0.25, -0.2) is 14.4 Å². The van der Waals surface area contributed by atoms with Crippen molar-refractivity contribution in [2.45, 2.75) is 19.0 Å². The Bertz CT molecular complexity index is 859. The first-order valence-corrected chi connectivity index (χ1v) is 10.5. The first-order valence-electron chi connectivity index (χ1n) is 9.38. The predicted molar refractivity (Wildman–Crippen MR) is 110 cm³/mol. The van der Waals surface area contributed by atoms with Crippen LogP contribution in [0, 0.1) is 0 Å². The van der Waals surface area contributed by atoms with Crippen LogP contribution in [0.2, 0.25) is 0 Å². The van der Waals surface area contributed by atoms with Gasteiger partial charge in [-0.1, -0.05) is 6.08 Å². The lowest BCUT2D eigenvalue weighted by Crippen LogP contribution is -2.30. The van der Waals surface area contributed by atoms with Crippen LogP contribution >= 0.6 is 12.0 Å². The molecule has 1 saturated heterocycles. The predicted octanol–water partition coefficient (Wildman–Crippen LogP) is 2.34. The minimum atomic E-state index is -0.784. The summed E-state index contributed by atoms with van der Waals surface area (Å²) in [5.41, 5.74) is 2.42. The second-order valence-electron chi connectivity index (χ2n) is 7.04. The number of hydrazone groups is 1. The van der Waals surface area contributed by atoms with Crippen molar-refractivity contribution in [2.24, 2.45) is 5.10 Å². The van der Waals surface area contributed by atoms with Gasteiger partial charge in [0.1, 0.15) is 12.0 Å². The normalized spacial score (nSPS) is 21.0. The molecule has 29 heavy (non-hydrogen) atoms. The number of hydrogen-bond donors (Lipinski definition) is 0. The maximum absolute atomic E-state index is 13.4. The Morgan fingerprint density at radius 1 is 1.45 bits per heavy atom. The number of rotatable bonds is 8. The number of hydrogen-bond acceptors (Lipinski definition) is 8. The van der Waals surface area contributed by atoms with E-state index in [-0.39, 0.29) is 0 Å². The van der Waals surface area contributed by atoms with Gasteiger partial charge < -0.3 is 9.80 Å². The van der Waals surface area contributed by atoms with E-state index in [0.717, 1.165) is 28.6 Å². The summed E-state index contributed by atoms with van der Waals surface area (Å²) < 4.78 is 18.7. The maximum atomic E-state index is 13.4. The number of likely N-dealkylation sites (N-methyl/N-ethyl adjacent to an activating group) is 1. The molecule has 0 bridgehead atoms. The second-order valence-corrected chi connectivity index (χ2v) is 7.53. The molecule has 1 fully saturated rings. The molecular formula is C19H23FN6O2S. The monoisotopic (exact) mass is 418 g/mol. The highest BCUT2D eigenvalue weighted by Gasteiger charge is 2.28. The van der Waals surface area contributed by atoms with E-state index in [1.807, 2.05) is 47.5 Å². The zero-order valence-corrected chi connectivity index (χ0v) is 17.2. The Hall–Kier alpha value is -2.59. The molecule has 8 nitrogen and oxygen atoms in total. The molecule has 0 saturated carbocycles. The molecule has 4 heterocycles. The first-order chi connectivity index (χ1) is 14.1. The number of nitrogens with zero attached hydrogens (tertiary/aromatic N) is 6. The fourth-order valence-electron chi connectivity index (χ4n) is 3.42. The van der Waals surface area contributed by atoms with Gasteiger partial charge in [0.15, 0.2) is 5.82 Å². The number of amides is 1. The van der Waals surface area contributed by atoms with Gasteiger partial charge in [0.25, 0.3) is 0 Å². The lowest BCUT2D eigenvalue weighted by atomic mass is 10.1. The highest BCUT2D eigenvalue weighted by molar-refractivity contribution is 7.93. The van der Waals surface area contributed by atoms with Gasteiger partial charge in [0.05, 0.1) is 30.7 Å². The van der Waals surface area contributed by atoms with Crippen LogP contribution in [0.25, 0.3) is 0 Å². The number of halogens is 1. The number of carbonyl (C=O) groups is 1. The van der Waals surface area contributed by atoms with Crippen LogP contribution in [0.3, 0.4) is 0 Å². The molecule has 0 spiro atoms. The average molecular weight is 418 g/mol. The summed E-state index contributed by atoms with van der Waals surface area (Å²) in [7, 11) is 1.93. The second kappa shape index (κ2) is 8.42. The highest BCUT2D eigenvalue weighted by Crippen LogP contribution is 2.28. The molecule has 154 valence electrons. The summed E-state index contributed by atoms with van der Waals surface area (Å²) in [6, 6.07) is 3.81. The molecule has 1 atom stereocenters. The molecular weight excluding hydrogens is 395 g/mol. The van der Waals surface area contributed by atoms with Gasteiger partial charge in [0, 0.05) is 50.1 Å². The SMILES string of the molecule is CSON1C=C1N(C)CC1=CCC(c2ccc(N3CCC(F)C3)nc2)=NN1C=O. The summed E-state index contributed by atoms with van der Waals surface area (Å²) in [6.07, 6.45) is 8.54. The van der Waals surface area contributed by atoms with Gasteiger partial charge in [-0.05, 0) is 18.6 Å². The van der Waals surface area contributed by atoms with Crippen LogP contribution < -0.4 is 4.90 Å². The summed E-state index contributed by atoms with van der Waals surface area (Å²) in [5.74, 6) is 1.71. The van der Waals surface area contributed by atoms with E-state index in [1.165, 1.54) is 17.1 Å². The Kier molecular flexibility index (Phi) is 5.72. The number of allylic oxidation sites excluding steroid dienone is 1. The van der Waals surface area contributed by atoms with Gasteiger partial charge in [-0.3, -0.25) is 4.79 Å². The molecule has 3 aliphatic heterocycles. The van der Waals surface area contributed by atoms with Gasteiger partial charge in [-0.2, -0.15) is 14.4 Å². The summed E-state index contributed by atoms with van der Waals surface area (Å²) in [6.45, 7) is 1.61. The van der Waals surface area contributed by atoms with E-state index >= 15 is 0 Å². The molecule has 0 aliphatic carbocycles. The molecule has 1 aromatic heterocycles. The lowest BCUT2D eigenvalue weighted by Gasteiger charge is -2.26. The van der Waals surface area contributed by atoms with E-state index in [2.05, 4.69) is 10.1 Å². The standard InChI is InChI=1S/C19H23FN6O2S/c1-23(19-12-26(19)28-29-2)11-16-4-5-17(22-25(16)13-27)14-3-6-18(21-9-14)24-8-7-15(20)10-24/h3-4,6,9,12-13,15H,5,7-8,10-11H2,1-2H3. The summed E-state index contributed by atoms with van der Waals surface area (Å²) >= 11 is 1.27. The molecule has 3 aliphatic rings. The van der Waals surface area contributed by atoms with Crippen molar-refractivity contribution < 1.29 is 13.5 Å². The molecule has 1 amide bonds. The Morgan fingerprint density at radius 2 is 2.31 bits per heavy atom. The lowest BCUT2D eigenvalue weighted by molar-refractivity contribution is -0.116. The summed E-state index contributed by atoms with van der Waals surface area (Å²) in [4.78, 5) is 20.0. The summed E-state index contributed by atoms with van der Waals surface area (Å²) in [5, 5.41) is 7.52. The zero-order chi connectivity index (χ0) is 20.4. The number of anilines is 1. The van der Waals surface area contributed by atoms with Gasteiger partial charge in [-0.15, -0.1) is 0 Å². The van der Waals surface area contributed by atoms with Crippen LogP contribution in [0.15, 0.2) is 47.2 Å². The van der Waals surface area contributed by atoms with Crippen LogP contribution in [-0.4, -0.2) is 71.2 Å². The first kappa shape index (κ1) is 19.7. The van der Waals surface area contributed by atoms with E-state index in [9.17, 15) is 9.18 Å². The molecule has 4 rings (SSSR count). The maximum Gasteiger partial charge on any atom is 0.234 e. The van der Waals surface area contributed by atoms with Crippen molar-refractivity contribution in [2.75, 3.05) is 37.8 Å². The smallest absolute Gasteiger partial charge is 0.234 e. The van der Waals surface area contributed by atoms with E-state index < -0.39 is 6.17 Å². The third kappa shape index (κ3) is 4.38. The van der Waals surface area contributed by atoms with Crippen LogP contribution in [-0.2, 0) is 9.08 Å². The van der Waals surface area contributed by atoms with Gasteiger partial charge in [0.2, 0.25) is 6.41 Å². The average Bonchev–Trinajstić information content (AvgIpc) is 3.38. The molecule has 0 N–H and O–H groups in total. The van der Waals surface area contributed by atoms with E-state index in [4.69, 9.17) is 4.28 Å². The number of hydroxylamine groups is 2. The number of carbonyl (C=O) groups excluding carboxylic acids is 1. The molecule has 0 aromatic carbocycles. The van der Waals surface area contributed by atoms with Crippen molar-refractivity contribution >= 4 is 30.0 Å².